The van der Waals surface area contributed by atoms with Crippen molar-refractivity contribution in [2.24, 2.45) is 9.98 Å². The van der Waals surface area contributed by atoms with Crippen LogP contribution in [0.2, 0.25) is 0 Å². The molecule has 6 nitrogen and oxygen atoms in total. The first-order chi connectivity index (χ1) is 17.4. The summed E-state index contributed by atoms with van der Waals surface area (Å²) in [4.78, 5) is 30.5. The molecule has 0 unspecified atom stereocenters. The van der Waals surface area contributed by atoms with E-state index >= 15 is 0 Å². The molecule has 3 aliphatic rings. The number of allylic oxidation sites excluding steroid dienone is 6. The predicted molar refractivity (Wildman–Crippen MR) is 147 cm³/mol. The smallest absolute Gasteiger partial charge is 0.119 e. The van der Waals surface area contributed by atoms with Gasteiger partial charge >= 0.3 is 0 Å². The molecule has 36 heavy (non-hydrogen) atoms. The molecule has 2 bridgehead atoms. The van der Waals surface area contributed by atoms with Gasteiger partial charge in [0, 0.05) is 24.3 Å². The van der Waals surface area contributed by atoms with Gasteiger partial charge in [-0.05, 0) is 74.8 Å². The van der Waals surface area contributed by atoms with Crippen LogP contribution < -0.4 is 0 Å². The third-order valence-electron chi connectivity index (χ3n) is 6.57. The standard InChI is InChI=1S/C30H26N6/c1-6-16(2)12-23-19(5)31-25-15-26-28(35-22-10-8-18(4)13-24(22)34-26)30-29(27(25)36-23)32-20-9-7-17(3)11-21(14-20)33-30/h6-13H,1,14-15H2,2-5H3/b16-12-. The van der Waals surface area contributed by atoms with E-state index in [2.05, 4.69) is 50.8 Å². The molecule has 2 aliphatic carbocycles. The van der Waals surface area contributed by atoms with Gasteiger partial charge < -0.3 is 0 Å². The van der Waals surface area contributed by atoms with Gasteiger partial charge in [0.25, 0.3) is 0 Å². The third-order valence-corrected chi connectivity index (χ3v) is 6.57. The zero-order valence-corrected chi connectivity index (χ0v) is 20.9. The van der Waals surface area contributed by atoms with Crippen LogP contribution in [0, 0.1) is 13.8 Å². The maximum atomic E-state index is 5.15. The number of rotatable bonds is 2. The van der Waals surface area contributed by atoms with E-state index in [1.54, 1.807) is 0 Å². The fraction of sp³-hybridized carbons (Fsp3) is 0.200. The minimum absolute atomic E-state index is 0.507. The first kappa shape index (κ1) is 22.2. The average Bonchev–Trinajstić information content (AvgIpc) is 3.18. The Balaban J connectivity index is 1.71. The Kier molecular flexibility index (Phi) is 5.18. The first-order valence-corrected chi connectivity index (χ1v) is 12.1. The zero-order valence-electron chi connectivity index (χ0n) is 20.9. The summed E-state index contributed by atoms with van der Waals surface area (Å²) in [6.45, 7) is 12.0. The highest BCUT2D eigenvalue weighted by Crippen LogP contribution is 2.38. The van der Waals surface area contributed by atoms with Crippen LogP contribution in [0.5, 0.6) is 0 Å². The fourth-order valence-electron chi connectivity index (χ4n) is 4.68. The lowest BCUT2D eigenvalue weighted by atomic mass is 10.1. The van der Waals surface area contributed by atoms with Gasteiger partial charge in [-0.15, -0.1) is 0 Å². The maximum Gasteiger partial charge on any atom is 0.119 e. The highest BCUT2D eigenvalue weighted by molar-refractivity contribution is 6.20. The minimum atomic E-state index is 0.507. The van der Waals surface area contributed by atoms with E-state index in [1.165, 1.54) is 0 Å². The molecule has 176 valence electrons. The number of hydrogen-bond donors (Lipinski definition) is 0. The second-order valence-electron chi connectivity index (χ2n) is 9.57. The summed E-state index contributed by atoms with van der Waals surface area (Å²) in [6.07, 6.45) is 11.2. The number of hydrogen-bond acceptors (Lipinski definition) is 6. The number of aromatic nitrogens is 4. The van der Waals surface area contributed by atoms with Crippen LogP contribution in [-0.4, -0.2) is 31.4 Å². The second-order valence-corrected chi connectivity index (χ2v) is 9.57. The Morgan fingerprint density at radius 2 is 1.58 bits per heavy atom. The third kappa shape index (κ3) is 3.85. The quantitative estimate of drug-likeness (QED) is 0.421. The Morgan fingerprint density at radius 3 is 2.39 bits per heavy atom. The van der Waals surface area contributed by atoms with Crippen molar-refractivity contribution in [1.82, 2.24) is 19.9 Å². The highest BCUT2D eigenvalue weighted by atomic mass is 15.0. The molecule has 3 heterocycles. The number of benzene rings is 1. The molecule has 6 rings (SSSR count). The van der Waals surface area contributed by atoms with Crippen molar-refractivity contribution in [1.29, 1.82) is 0 Å². The van der Waals surface area contributed by atoms with E-state index in [0.29, 0.717) is 24.2 Å². The van der Waals surface area contributed by atoms with Crippen LogP contribution >= 0.6 is 0 Å². The predicted octanol–water partition coefficient (Wildman–Crippen LogP) is 6.16. The van der Waals surface area contributed by atoms with E-state index in [0.717, 1.165) is 73.3 Å². The van der Waals surface area contributed by atoms with Gasteiger partial charge in [-0.25, -0.2) is 24.9 Å². The minimum Gasteiger partial charge on any atom is -0.253 e. The summed E-state index contributed by atoms with van der Waals surface area (Å²) in [7, 11) is 0. The number of fused-ring (bicyclic) bond motifs is 7. The van der Waals surface area contributed by atoms with Crippen molar-refractivity contribution in [3.8, 4) is 0 Å². The van der Waals surface area contributed by atoms with E-state index in [9.17, 15) is 0 Å². The van der Waals surface area contributed by atoms with Gasteiger partial charge in [0.15, 0.2) is 0 Å². The summed E-state index contributed by atoms with van der Waals surface area (Å²) in [5.41, 5.74) is 13.1. The Bertz CT molecular complexity index is 1680. The number of aryl methyl sites for hydroxylation is 2. The van der Waals surface area contributed by atoms with E-state index in [4.69, 9.17) is 29.9 Å². The van der Waals surface area contributed by atoms with Crippen LogP contribution in [0.25, 0.3) is 28.5 Å². The van der Waals surface area contributed by atoms with Gasteiger partial charge in [-0.1, -0.05) is 24.8 Å². The van der Waals surface area contributed by atoms with Gasteiger partial charge in [-0.2, -0.15) is 0 Å². The molecule has 1 aromatic carbocycles. The first-order valence-electron chi connectivity index (χ1n) is 12.1. The van der Waals surface area contributed by atoms with Crippen LogP contribution in [0.3, 0.4) is 0 Å². The number of nitrogens with zero attached hydrogens (tertiary/aromatic N) is 6. The molecule has 0 spiro atoms. The second kappa shape index (κ2) is 8.41. The Hall–Kier alpha value is -4.32. The highest BCUT2D eigenvalue weighted by Gasteiger charge is 2.29. The maximum absolute atomic E-state index is 5.15. The van der Waals surface area contributed by atoms with E-state index in [-0.39, 0.29) is 0 Å². The van der Waals surface area contributed by atoms with E-state index < -0.39 is 0 Å². The molecule has 0 fully saturated rings. The topological polar surface area (TPSA) is 76.3 Å². The molecule has 1 aliphatic heterocycles. The van der Waals surface area contributed by atoms with Gasteiger partial charge in [0.05, 0.1) is 33.8 Å². The SMILES string of the molecule is C=C/C(C)=C\c1nc2c(nc1C)Cc1nc3cc(C)ccc3nc1C1=C2N=C2C=CC(C)=CC(=N1)C2. The molecule has 0 amide bonds. The molecule has 3 aromatic rings. The lowest BCUT2D eigenvalue weighted by Crippen LogP contribution is -2.07. The average molecular weight is 471 g/mol. The fourth-order valence-corrected chi connectivity index (χ4v) is 4.68. The lowest BCUT2D eigenvalue weighted by Gasteiger charge is -2.11. The Labute approximate surface area is 210 Å². The molecule has 0 atom stereocenters. The molecular formula is C30H26N6. The molecule has 2 aromatic heterocycles. The summed E-state index contributed by atoms with van der Waals surface area (Å²) >= 11 is 0. The largest absolute Gasteiger partial charge is 0.253 e. The van der Waals surface area contributed by atoms with Crippen molar-refractivity contribution in [2.45, 2.75) is 40.5 Å². The van der Waals surface area contributed by atoms with Crippen LogP contribution in [-0.2, 0) is 6.42 Å². The Morgan fingerprint density at radius 1 is 0.833 bits per heavy atom. The summed E-state index contributed by atoms with van der Waals surface area (Å²) < 4.78 is 0. The summed E-state index contributed by atoms with van der Waals surface area (Å²) in [6, 6.07) is 6.15. The molecule has 0 saturated heterocycles. The van der Waals surface area contributed by atoms with Crippen LogP contribution in [0.4, 0.5) is 0 Å². The normalized spacial score (nSPS) is 16.7. The van der Waals surface area contributed by atoms with Crippen LogP contribution in [0.15, 0.2) is 70.2 Å². The van der Waals surface area contributed by atoms with Gasteiger partial charge in [0.1, 0.15) is 22.8 Å². The van der Waals surface area contributed by atoms with Gasteiger partial charge in [0.2, 0.25) is 0 Å². The van der Waals surface area contributed by atoms with Gasteiger partial charge in [-0.3, -0.25) is 4.98 Å². The van der Waals surface area contributed by atoms with E-state index in [1.807, 2.05) is 32.1 Å². The molecule has 0 saturated carbocycles. The van der Waals surface area contributed by atoms with Crippen molar-refractivity contribution in [2.75, 3.05) is 0 Å². The van der Waals surface area contributed by atoms with Crippen LogP contribution in [0.1, 0.15) is 60.0 Å². The van der Waals surface area contributed by atoms with Crippen molar-refractivity contribution >= 4 is 39.9 Å². The molecule has 6 heteroatoms. The molecule has 0 N–H and O–H groups in total. The van der Waals surface area contributed by atoms with Crippen molar-refractivity contribution < 1.29 is 0 Å². The van der Waals surface area contributed by atoms with Crippen molar-refractivity contribution in [3.05, 3.63) is 100.0 Å². The molecular weight excluding hydrogens is 444 g/mol. The monoisotopic (exact) mass is 470 g/mol. The zero-order chi connectivity index (χ0) is 25.0. The summed E-state index contributed by atoms with van der Waals surface area (Å²) in [5.74, 6) is 0. The number of aliphatic imine (C=N–C) groups is 2. The molecule has 0 radical (unpaired) electrons. The summed E-state index contributed by atoms with van der Waals surface area (Å²) in [5, 5.41) is 0. The van der Waals surface area contributed by atoms with Crippen molar-refractivity contribution in [3.63, 3.8) is 0 Å². The lowest BCUT2D eigenvalue weighted by molar-refractivity contribution is 0.941.